The van der Waals surface area contributed by atoms with Gasteiger partial charge in [-0.05, 0) is 64.2 Å². The normalized spacial score (nSPS) is 27.2. The van der Waals surface area contributed by atoms with Crippen LogP contribution in [0.5, 0.6) is 0 Å². The number of nitrogens with zero attached hydrogens (tertiary/aromatic N) is 2. The number of hydrogen-bond acceptors (Lipinski definition) is 4. The second-order valence-electron chi connectivity index (χ2n) is 7.76. The van der Waals surface area contributed by atoms with Crippen LogP contribution in [-0.4, -0.2) is 54.0 Å². The zero-order valence-corrected chi connectivity index (χ0v) is 14.5. The number of piperidine rings is 2. The molecule has 0 spiro atoms. The van der Waals surface area contributed by atoms with Gasteiger partial charge in [-0.25, -0.2) is 0 Å². The van der Waals surface area contributed by atoms with E-state index in [1.807, 2.05) is 6.26 Å². The highest BCUT2D eigenvalue weighted by Gasteiger charge is 2.33. The summed E-state index contributed by atoms with van der Waals surface area (Å²) in [6.45, 7) is 5.41. The molecule has 3 fully saturated rings. The van der Waals surface area contributed by atoms with Gasteiger partial charge in [-0.15, -0.1) is 0 Å². The van der Waals surface area contributed by atoms with Gasteiger partial charge in [0.2, 0.25) is 5.91 Å². The molecule has 5 nitrogen and oxygen atoms in total. The number of carbonyl (C=O) groups excluding carboxylic acids is 1. The number of furan rings is 1. The maximum Gasteiger partial charge on any atom is 0.224 e. The van der Waals surface area contributed by atoms with Gasteiger partial charge in [-0.1, -0.05) is 0 Å². The quantitative estimate of drug-likeness (QED) is 0.899. The van der Waals surface area contributed by atoms with Gasteiger partial charge in [0.1, 0.15) is 0 Å². The standard InChI is InChI=1S/C19H29N3O2/c23-19(20-17-3-4-17)16-2-1-8-22(13-16)18-5-9-21(10-6-18)12-15-7-11-24-14-15/h7,11,14,16-18H,1-6,8-10,12-13H2,(H,20,23). The highest BCUT2D eigenvalue weighted by atomic mass is 16.3. The van der Waals surface area contributed by atoms with Crippen LogP contribution in [0.2, 0.25) is 0 Å². The fourth-order valence-corrected chi connectivity index (χ4v) is 4.18. The minimum Gasteiger partial charge on any atom is -0.472 e. The molecule has 1 aromatic rings. The van der Waals surface area contributed by atoms with Crippen LogP contribution in [0.3, 0.4) is 0 Å². The lowest BCUT2D eigenvalue weighted by atomic mass is 9.93. The highest BCUT2D eigenvalue weighted by Crippen LogP contribution is 2.26. The Labute approximate surface area is 144 Å². The molecule has 3 aliphatic rings. The van der Waals surface area contributed by atoms with Gasteiger partial charge in [0.25, 0.3) is 0 Å². The monoisotopic (exact) mass is 331 g/mol. The van der Waals surface area contributed by atoms with Gasteiger partial charge in [-0.2, -0.15) is 0 Å². The summed E-state index contributed by atoms with van der Waals surface area (Å²) in [5.74, 6) is 0.517. The average molecular weight is 331 g/mol. The number of nitrogens with one attached hydrogen (secondary N) is 1. The van der Waals surface area contributed by atoms with Crippen LogP contribution in [0.4, 0.5) is 0 Å². The lowest BCUT2D eigenvalue weighted by Gasteiger charge is -2.42. The summed E-state index contributed by atoms with van der Waals surface area (Å²) in [7, 11) is 0. The van der Waals surface area contributed by atoms with Crippen molar-refractivity contribution in [3.05, 3.63) is 24.2 Å². The Kier molecular flexibility index (Phi) is 4.90. The first kappa shape index (κ1) is 16.2. The molecule has 0 bridgehead atoms. The first-order valence-electron chi connectivity index (χ1n) is 9.56. The van der Waals surface area contributed by atoms with Crippen LogP contribution < -0.4 is 5.32 Å². The summed E-state index contributed by atoms with van der Waals surface area (Å²) >= 11 is 0. The molecule has 1 unspecified atom stereocenters. The molecule has 2 saturated heterocycles. The van der Waals surface area contributed by atoms with Crippen molar-refractivity contribution >= 4 is 5.91 Å². The minimum atomic E-state index is 0.211. The maximum atomic E-state index is 12.4. The van der Waals surface area contributed by atoms with Crippen LogP contribution in [0.1, 0.15) is 44.1 Å². The lowest BCUT2D eigenvalue weighted by Crippen LogP contribution is -2.50. The van der Waals surface area contributed by atoms with E-state index in [4.69, 9.17) is 4.42 Å². The van der Waals surface area contributed by atoms with E-state index in [0.29, 0.717) is 18.0 Å². The fraction of sp³-hybridized carbons (Fsp3) is 0.737. The predicted molar refractivity (Wildman–Crippen MR) is 92.5 cm³/mol. The summed E-state index contributed by atoms with van der Waals surface area (Å²) in [5.41, 5.74) is 1.27. The number of hydrogen-bond donors (Lipinski definition) is 1. The molecule has 1 N–H and O–H groups in total. The van der Waals surface area contributed by atoms with E-state index in [1.165, 1.54) is 37.8 Å². The van der Waals surface area contributed by atoms with Crippen LogP contribution in [-0.2, 0) is 11.3 Å². The van der Waals surface area contributed by atoms with Crippen molar-refractivity contribution in [1.29, 1.82) is 0 Å². The zero-order valence-electron chi connectivity index (χ0n) is 14.5. The van der Waals surface area contributed by atoms with Gasteiger partial charge < -0.3 is 9.73 Å². The zero-order chi connectivity index (χ0) is 16.4. The van der Waals surface area contributed by atoms with E-state index in [2.05, 4.69) is 21.2 Å². The van der Waals surface area contributed by atoms with Crippen molar-refractivity contribution in [3.63, 3.8) is 0 Å². The first-order chi connectivity index (χ1) is 11.8. The van der Waals surface area contributed by atoms with Crippen molar-refractivity contribution in [2.24, 2.45) is 5.92 Å². The molecule has 0 aromatic carbocycles. The van der Waals surface area contributed by atoms with Crippen molar-refractivity contribution < 1.29 is 9.21 Å². The molecule has 5 heteroatoms. The minimum absolute atomic E-state index is 0.211. The Balaban J connectivity index is 1.24. The van der Waals surface area contributed by atoms with Gasteiger partial charge in [-0.3, -0.25) is 14.6 Å². The molecular weight excluding hydrogens is 302 g/mol. The third kappa shape index (κ3) is 4.01. The number of carbonyl (C=O) groups is 1. The molecule has 4 rings (SSSR count). The van der Waals surface area contributed by atoms with E-state index < -0.39 is 0 Å². The van der Waals surface area contributed by atoms with Crippen molar-refractivity contribution in [3.8, 4) is 0 Å². The topological polar surface area (TPSA) is 48.7 Å². The molecular formula is C19H29N3O2. The third-order valence-corrected chi connectivity index (χ3v) is 5.81. The Morgan fingerprint density at radius 2 is 2.00 bits per heavy atom. The van der Waals surface area contributed by atoms with Gasteiger partial charge in [0, 0.05) is 30.7 Å². The van der Waals surface area contributed by atoms with E-state index in [-0.39, 0.29) is 5.92 Å². The molecule has 1 atom stereocenters. The summed E-state index contributed by atoms with van der Waals surface area (Å²) in [6.07, 6.45) is 10.6. The lowest BCUT2D eigenvalue weighted by molar-refractivity contribution is -0.127. The van der Waals surface area contributed by atoms with E-state index in [1.54, 1.807) is 6.26 Å². The Morgan fingerprint density at radius 3 is 2.71 bits per heavy atom. The van der Waals surface area contributed by atoms with E-state index >= 15 is 0 Å². The van der Waals surface area contributed by atoms with Crippen molar-refractivity contribution in [1.82, 2.24) is 15.1 Å². The molecule has 0 radical (unpaired) electrons. The van der Waals surface area contributed by atoms with E-state index in [9.17, 15) is 4.79 Å². The third-order valence-electron chi connectivity index (χ3n) is 5.81. The number of amides is 1. The summed E-state index contributed by atoms with van der Waals surface area (Å²) in [4.78, 5) is 17.5. The summed E-state index contributed by atoms with van der Waals surface area (Å²) in [5, 5.41) is 3.20. The molecule has 132 valence electrons. The van der Waals surface area contributed by atoms with Gasteiger partial charge in [0.15, 0.2) is 0 Å². The SMILES string of the molecule is O=C(NC1CC1)C1CCCN(C2CCN(Cc3ccoc3)CC2)C1. The summed E-state index contributed by atoms with van der Waals surface area (Å²) < 4.78 is 5.17. The van der Waals surface area contributed by atoms with Crippen LogP contribution in [0.15, 0.2) is 23.0 Å². The first-order valence-corrected chi connectivity index (χ1v) is 9.56. The Hall–Kier alpha value is -1.33. The van der Waals surface area contributed by atoms with Gasteiger partial charge in [0.05, 0.1) is 18.4 Å². The van der Waals surface area contributed by atoms with Gasteiger partial charge >= 0.3 is 0 Å². The number of likely N-dealkylation sites (tertiary alicyclic amines) is 2. The molecule has 3 heterocycles. The average Bonchev–Trinajstić information content (AvgIpc) is 3.28. The van der Waals surface area contributed by atoms with Crippen LogP contribution >= 0.6 is 0 Å². The Bertz CT molecular complexity index is 533. The Morgan fingerprint density at radius 1 is 1.17 bits per heavy atom. The predicted octanol–water partition coefficient (Wildman–Crippen LogP) is 2.23. The maximum absolute atomic E-state index is 12.4. The highest BCUT2D eigenvalue weighted by molar-refractivity contribution is 5.79. The smallest absolute Gasteiger partial charge is 0.224 e. The van der Waals surface area contributed by atoms with Crippen LogP contribution in [0, 0.1) is 5.92 Å². The molecule has 1 aliphatic carbocycles. The van der Waals surface area contributed by atoms with Crippen molar-refractivity contribution in [2.75, 3.05) is 26.2 Å². The van der Waals surface area contributed by atoms with Crippen molar-refractivity contribution in [2.45, 2.75) is 57.2 Å². The fourth-order valence-electron chi connectivity index (χ4n) is 4.18. The molecule has 1 saturated carbocycles. The summed E-state index contributed by atoms with van der Waals surface area (Å²) in [6, 6.07) is 3.20. The number of rotatable bonds is 5. The molecule has 2 aliphatic heterocycles. The van der Waals surface area contributed by atoms with E-state index in [0.717, 1.165) is 39.0 Å². The molecule has 1 aromatic heterocycles. The second kappa shape index (κ2) is 7.28. The molecule has 1 amide bonds. The van der Waals surface area contributed by atoms with Crippen LogP contribution in [0.25, 0.3) is 0 Å². The largest absolute Gasteiger partial charge is 0.472 e. The second-order valence-corrected chi connectivity index (χ2v) is 7.76. The molecule has 24 heavy (non-hydrogen) atoms.